The molecule has 0 aromatic heterocycles. The summed E-state index contributed by atoms with van der Waals surface area (Å²) >= 11 is 6.07. The van der Waals surface area contributed by atoms with Gasteiger partial charge in [-0.2, -0.15) is 4.31 Å². The van der Waals surface area contributed by atoms with Crippen molar-refractivity contribution >= 4 is 59.7 Å². The number of anilines is 1. The molecule has 1 fully saturated rings. The van der Waals surface area contributed by atoms with Gasteiger partial charge in [-0.15, -0.1) is 0 Å². The minimum Gasteiger partial charge on any atom is -0.395 e. The first-order chi connectivity index (χ1) is 21.8. The molecule has 242 valence electrons. The number of amides is 2. The first-order valence-corrected chi connectivity index (χ1v) is 18.0. The molecule has 46 heavy (non-hydrogen) atoms. The summed E-state index contributed by atoms with van der Waals surface area (Å²) in [5.74, 6) is -2.26. The summed E-state index contributed by atoms with van der Waals surface area (Å²) in [6.45, 7) is -1.11. The third kappa shape index (κ3) is 6.93. The van der Waals surface area contributed by atoms with Gasteiger partial charge in [0, 0.05) is 29.9 Å². The summed E-state index contributed by atoms with van der Waals surface area (Å²) in [7, 11) is -8.07. The van der Waals surface area contributed by atoms with Crippen molar-refractivity contribution in [3.63, 3.8) is 0 Å². The van der Waals surface area contributed by atoms with Gasteiger partial charge in [0.05, 0.1) is 28.6 Å². The molecule has 10 nitrogen and oxygen atoms in total. The second kappa shape index (κ2) is 13.5. The van der Waals surface area contributed by atoms with Crippen molar-refractivity contribution in [1.82, 2.24) is 9.62 Å². The van der Waals surface area contributed by atoms with Gasteiger partial charge in [-0.3, -0.25) is 9.59 Å². The molecule has 1 heterocycles. The molecule has 0 radical (unpaired) electrons. The fourth-order valence-electron chi connectivity index (χ4n) is 5.53. The third-order valence-electron chi connectivity index (χ3n) is 7.71. The summed E-state index contributed by atoms with van der Waals surface area (Å²) in [6.07, 6.45) is 1.43. The SMILES string of the molecule is CS(=O)(=O)c1ccccc1-c1ccc(N2CCCC(N(CC(=O)NCCO)S(=O)(=O)c3ccc4cc(Cl)ccc4c3)C2=O)c(F)c1. The standard InChI is InChI=1S/C32H31ClFN3O7S2/c1-45(41,42)30-7-3-2-5-26(30)23-10-13-28(27(34)19-23)36-15-4-6-29(32(36)40)37(20-31(39)35-14-16-38)46(43,44)25-12-9-21-17-24(33)11-8-22(21)18-25/h2-3,5,7-13,17-19,29,38H,4,6,14-16,20H2,1H3,(H,35,39). The molecule has 1 aliphatic heterocycles. The van der Waals surface area contributed by atoms with E-state index >= 15 is 4.39 Å². The number of sulfone groups is 1. The van der Waals surface area contributed by atoms with Crippen LogP contribution in [0, 0.1) is 5.82 Å². The van der Waals surface area contributed by atoms with Gasteiger partial charge < -0.3 is 15.3 Å². The lowest BCUT2D eigenvalue weighted by Crippen LogP contribution is -2.56. The number of hydrogen-bond donors (Lipinski definition) is 2. The molecule has 1 saturated heterocycles. The van der Waals surface area contributed by atoms with Crippen LogP contribution in [-0.4, -0.2) is 76.6 Å². The van der Waals surface area contributed by atoms with Crippen LogP contribution < -0.4 is 10.2 Å². The lowest BCUT2D eigenvalue weighted by molar-refractivity contribution is -0.126. The van der Waals surface area contributed by atoms with Gasteiger partial charge in [-0.1, -0.05) is 48.0 Å². The molecule has 14 heteroatoms. The van der Waals surface area contributed by atoms with Crippen LogP contribution >= 0.6 is 11.6 Å². The maximum atomic E-state index is 15.7. The number of rotatable bonds is 10. The van der Waals surface area contributed by atoms with Crippen LogP contribution in [-0.2, 0) is 29.4 Å². The van der Waals surface area contributed by atoms with E-state index in [0.29, 0.717) is 27.8 Å². The zero-order valence-corrected chi connectivity index (χ0v) is 27.1. The van der Waals surface area contributed by atoms with Crippen molar-refractivity contribution in [2.75, 3.05) is 37.4 Å². The van der Waals surface area contributed by atoms with Gasteiger partial charge >= 0.3 is 0 Å². The average molecular weight is 688 g/mol. The first-order valence-electron chi connectivity index (χ1n) is 14.3. The van der Waals surface area contributed by atoms with E-state index in [0.717, 1.165) is 21.5 Å². The van der Waals surface area contributed by atoms with Gasteiger partial charge in [0.1, 0.15) is 11.9 Å². The van der Waals surface area contributed by atoms with Crippen LogP contribution in [0.2, 0.25) is 5.02 Å². The van der Waals surface area contributed by atoms with Crippen molar-refractivity contribution in [2.45, 2.75) is 28.7 Å². The molecule has 1 atom stereocenters. The van der Waals surface area contributed by atoms with E-state index in [9.17, 15) is 26.4 Å². The highest BCUT2D eigenvalue weighted by molar-refractivity contribution is 7.90. The molecule has 5 rings (SSSR count). The summed E-state index contributed by atoms with van der Waals surface area (Å²) in [4.78, 5) is 27.8. The zero-order valence-electron chi connectivity index (χ0n) is 24.7. The summed E-state index contributed by atoms with van der Waals surface area (Å²) < 4.78 is 69.4. The number of piperidine rings is 1. The van der Waals surface area contributed by atoms with Gasteiger partial charge in [0.15, 0.2) is 9.84 Å². The highest BCUT2D eigenvalue weighted by Crippen LogP contribution is 2.34. The number of hydrogen-bond acceptors (Lipinski definition) is 7. The molecule has 0 aliphatic carbocycles. The fraction of sp³-hybridized carbons (Fsp3) is 0.250. The number of aliphatic hydroxyl groups is 1. The lowest BCUT2D eigenvalue weighted by atomic mass is 10.0. The average Bonchev–Trinajstić information content (AvgIpc) is 3.02. The minimum absolute atomic E-state index is 0.0216. The molecule has 0 saturated carbocycles. The maximum absolute atomic E-state index is 15.7. The largest absolute Gasteiger partial charge is 0.395 e. The van der Waals surface area contributed by atoms with E-state index in [1.807, 2.05) is 0 Å². The Morgan fingerprint density at radius 3 is 2.46 bits per heavy atom. The van der Waals surface area contributed by atoms with Crippen LogP contribution in [0.1, 0.15) is 12.8 Å². The molecule has 1 aliphatic rings. The van der Waals surface area contributed by atoms with Crippen LogP contribution in [0.4, 0.5) is 10.1 Å². The Bertz CT molecular complexity index is 2040. The van der Waals surface area contributed by atoms with E-state index in [1.54, 1.807) is 42.5 Å². The summed E-state index contributed by atoms with van der Waals surface area (Å²) in [5, 5.41) is 13.3. The van der Waals surface area contributed by atoms with E-state index < -0.39 is 50.1 Å². The second-order valence-electron chi connectivity index (χ2n) is 10.9. The molecule has 2 N–H and O–H groups in total. The molecule has 0 spiro atoms. The number of aliphatic hydroxyl groups excluding tert-OH is 1. The van der Waals surface area contributed by atoms with Crippen molar-refractivity contribution < 1.29 is 35.9 Å². The van der Waals surface area contributed by atoms with Crippen LogP contribution in [0.15, 0.2) is 88.7 Å². The molecule has 4 aromatic rings. The Morgan fingerprint density at radius 1 is 1.02 bits per heavy atom. The lowest BCUT2D eigenvalue weighted by Gasteiger charge is -2.37. The normalized spacial score (nSPS) is 15.8. The van der Waals surface area contributed by atoms with Crippen LogP contribution in [0.5, 0.6) is 0 Å². The number of fused-ring (bicyclic) bond motifs is 1. The predicted molar refractivity (Wildman–Crippen MR) is 173 cm³/mol. The number of carbonyl (C=O) groups is 2. The second-order valence-corrected chi connectivity index (χ2v) is 15.2. The van der Waals surface area contributed by atoms with Gasteiger partial charge in [0.25, 0.3) is 0 Å². The monoisotopic (exact) mass is 687 g/mol. The Labute approximate surface area is 271 Å². The van der Waals surface area contributed by atoms with E-state index in [4.69, 9.17) is 16.7 Å². The first kappa shape index (κ1) is 33.5. The van der Waals surface area contributed by atoms with Gasteiger partial charge in [0.2, 0.25) is 21.8 Å². The van der Waals surface area contributed by atoms with E-state index in [1.165, 1.54) is 30.3 Å². The van der Waals surface area contributed by atoms with Crippen molar-refractivity contribution in [3.05, 3.63) is 89.7 Å². The highest BCUT2D eigenvalue weighted by Gasteiger charge is 2.42. The summed E-state index contributed by atoms with van der Waals surface area (Å²) in [5.41, 5.74) is 0.465. The Kier molecular flexibility index (Phi) is 9.80. The number of nitrogens with zero attached hydrogens (tertiary/aromatic N) is 2. The minimum atomic E-state index is -4.45. The van der Waals surface area contributed by atoms with Crippen LogP contribution in [0.3, 0.4) is 0 Å². The molecule has 0 bridgehead atoms. The van der Waals surface area contributed by atoms with Gasteiger partial charge in [-0.25, -0.2) is 21.2 Å². The van der Waals surface area contributed by atoms with E-state index in [-0.39, 0.29) is 47.2 Å². The maximum Gasteiger partial charge on any atom is 0.245 e. The summed E-state index contributed by atoms with van der Waals surface area (Å²) in [6, 6.07) is 18.1. The van der Waals surface area contributed by atoms with Crippen molar-refractivity contribution in [2.24, 2.45) is 0 Å². The predicted octanol–water partition coefficient (Wildman–Crippen LogP) is 4.00. The van der Waals surface area contributed by atoms with Gasteiger partial charge in [-0.05, 0) is 71.6 Å². The number of benzene rings is 4. The topological polar surface area (TPSA) is 141 Å². The van der Waals surface area contributed by atoms with E-state index in [2.05, 4.69) is 5.32 Å². The molecular formula is C32H31ClFN3O7S2. The molecular weight excluding hydrogens is 657 g/mol. The van der Waals surface area contributed by atoms with Crippen molar-refractivity contribution in [3.8, 4) is 11.1 Å². The third-order valence-corrected chi connectivity index (χ3v) is 10.9. The molecule has 1 unspecified atom stereocenters. The highest BCUT2D eigenvalue weighted by atomic mass is 35.5. The quantitative estimate of drug-likeness (QED) is 0.257. The fourth-order valence-corrected chi connectivity index (χ4v) is 8.23. The molecule has 4 aromatic carbocycles. The number of carbonyl (C=O) groups excluding carboxylic acids is 2. The zero-order chi connectivity index (χ0) is 33.2. The number of halogens is 2. The Balaban J connectivity index is 1.51. The Morgan fingerprint density at radius 2 is 1.74 bits per heavy atom. The van der Waals surface area contributed by atoms with Crippen LogP contribution in [0.25, 0.3) is 21.9 Å². The Hall–Kier alpha value is -3.88. The smallest absolute Gasteiger partial charge is 0.245 e. The number of sulfonamides is 1. The molecule has 2 amide bonds. The number of nitrogens with one attached hydrogen (secondary N) is 1. The van der Waals surface area contributed by atoms with Crippen molar-refractivity contribution in [1.29, 1.82) is 0 Å².